The van der Waals surface area contributed by atoms with E-state index in [0.717, 1.165) is 41.9 Å². The van der Waals surface area contributed by atoms with Gasteiger partial charge in [0.25, 0.3) is 0 Å². The first-order chi connectivity index (χ1) is 17.0. The molecule has 0 aromatic heterocycles. The normalized spacial score (nSPS) is 12.5. The van der Waals surface area contributed by atoms with Gasteiger partial charge < -0.3 is 15.4 Å². The Bertz CT molecular complexity index is 1120. The topological polar surface area (TPSA) is 67.4 Å². The van der Waals surface area contributed by atoms with Crippen molar-refractivity contribution in [1.29, 1.82) is 0 Å². The van der Waals surface area contributed by atoms with Crippen molar-refractivity contribution in [3.63, 3.8) is 0 Å². The summed E-state index contributed by atoms with van der Waals surface area (Å²) in [6, 6.07) is 23.1. The van der Waals surface area contributed by atoms with E-state index >= 15 is 0 Å². The number of carbonyl (C=O) groups excluding carboxylic acids is 1. The molecule has 3 aromatic rings. The van der Waals surface area contributed by atoms with Crippen LogP contribution in [0.5, 0.6) is 5.75 Å². The van der Waals surface area contributed by atoms with Gasteiger partial charge in [-0.05, 0) is 54.3 Å². The molecule has 2 atom stereocenters. The number of anilines is 3. The molecule has 2 N–H and O–H groups in total. The van der Waals surface area contributed by atoms with Crippen LogP contribution >= 0.6 is 0 Å². The third-order valence-corrected chi connectivity index (χ3v) is 6.95. The highest BCUT2D eigenvalue weighted by Gasteiger charge is 2.11. The van der Waals surface area contributed by atoms with Crippen molar-refractivity contribution >= 4 is 33.8 Å². The van der Waals surface area contributed by atoms with E-state index in [1.54, 1.807) is 6.26 Å². The third-order valence-electron chi connectivity index (χ3n) is 5.99. The Balaban J connectivity index is 1.64. The molecular weight excluding hydrogens is 456 g/mol. The van der Waals surface area contributed by atoms with Crippen LogP contribution in [0.25, 0.3) is 0 Å². The summed E-state index contributed by atoms with van der Waals surface area (Å²) in [5.41, 5.74) is 3.37. The summed E-state index contributed by atoms with van der Waals surface area (Å²) in [6.07, 6.45) is 6.52. The van der Waals surface area contributed by atoms with Gasteiger partial charge in [0.1, 0.15) is 12.4 Å². The molecule has 0 radical (unpaired) electrons. The minimum absolute atomic E-state index is 0.0342. The summed E-state index contributed by atoms with van der Waals surface area (Å²) in [6.45, 7) is 4.82. The molecule has 3 aromatic carbocycles. The SMILES string of the molecule is CCCC(CC)CCC(=O)Nc1cccc(Nc2ccc(OCc3ccccc3)cc2S(C)=O)c1. The van der Waals surface area contributed by atoms with Crippen LogP contribution in [-0.2, 0) is 22.2 Å². The predicted octanol–water partition coefficient (Wildman–Crippen LogP) is 7.29. The van der Waals surface area contributed by atoms with Crippen molar-refractivity contribution in [1.82, 2.24) is 0 Å². The molecule has 5 nitrogen and oxygen atoms in total. The number of amides is 1. The Hall–Kier alpha value is -3.12. The average Bonchev–Trinajstić information content (AvgIpc) is 2.86. The molecule has 186 valence electrons. The van der Waals surface area contributed by atoms with Gasteiger partial charge in [-0.1, -0.05) is 69.5 Å². The Kier molecular flexibility index (Phi) is 10.4. The molecule has 0 fully saturated rings. The molecule has 0 saturated heterocycles. The number of benzene rings is 3. The Morgan fingerprint density at radius 1 is 0.943 bits per heavy atom. The Morgan fingerprint density at radius 3 is 2.43 bits per heavy atom. The summed E-state index contributed by atoms with van der Waals surface area (Å²) >= 11 is 0. The summed E-state index contributed by atoms with van der Waals surface area (Å²) < 4.78 is 18.4. The van der Waals surface area contributed by atoms with Crippen molar-refractivity contribution in [2.24, 2.45) is 5.92 Å². The molecule has 0 aliphatic rings. The fourth-order valence-electron chi connectivity index (χ4n) is 4.02. The first-order valence-electron chi connectivity index (χ1n) is 12.3. The van der Waals surface area contributed by atoms with Crippen LogP contribution in [0.3, 0.4) is 0 Å². The highest BCUT2D eigenvalue weighted by atomic mass is 32.2. The van der Waals surface area contributed by atoms with Crippen molar-refractivity contribution < 1.29 is 13.7 Å². The van der Waals surface area contributed by atoms with Gasteiger partial charge in [-0.2, -0.15) is 0 Å². The lowest BCUT2D eigenvalue weighted by Crippen LogP contribution is -2.13. The lowest BCUT2D eigenvalue weighted by atomic mass is 9.95. The molecule has 0 saturated carbocycles. The number of hydrogen-bond acceptors (Lipinski definition) is 4. The highest BCUT2D eigenvalue weighted by molar-refractivity contribution is 7.84. The molecular formula is C29H36N2O3S. The second kappa shape index (κ2) is 13.7. The van der Waals surface area contributed by atoms with Gasteiger partial charge in [0.15, 0.2) is 0 Å². The van der Waals surface area contributed by atoms with E-state index in [1.165, 1.54) is 6.42 Å². The quantitative estimate of drug-likeness (QED) is 0.263. The molecule has 0 heterocycles. The number of nitrogens with one attached hydrogen (secondary N) is 2. The maximum Gasteiger partial charge on any atom is 0.224 e. The fraction of sp³-hybridized carbons (Fsp3) is 0.345. The van der Waals surface area contributed by atoms with Gasteiger partial charge in [-0.3, -0.25) is 9.00 Å². The van der Waals surface area contributed by atoms with E-state index in [0.29, 0.717) is 29.6 Å². The third kappa shape index (κ3) is 8.55. The zero-order chi connectivity index (χ0) is 25.0. The van der Waals surface area contributed by atoms with Gasteiger partial charge in [0.05, 0.1) is 21.4 Å². The van der Waals surface area contributed by atoms with Crippen LogP contribution < -0.4 is 15.4 Å². The first-order valence-corrected chi connectivity index (χ1v) is 13.9. The molecule has 0 spiro atoms. The molecule has 1 amide bonds. The van der Waals surface area contributed by atoms with Crippen LogP contribution in [0.1, 0.15) is 51.5 Å². The van der Waals surface area contributed by atoms with E-state index in [2.05, 4.69) is 24.5 Å². The maximum atomic E-state index is 12.5. The average molecular weight is 493 g/mol. The molecule has 0 bridgehead atoms. The predicted molar refractivity (Wildman–Crippen MR) is 146 cm³/mol. The Morgan fingerprint density at radius 2 is 1.71 bits per heavy atom. The standard InChI is InChI=1S/C29H36N2O3S/c1-4-10-22(5-2)15-18-29(32)31-25-14-9-13-24(19-25)30-27-17-16-26(20-28(27)35(3)33)34-21-23-11-7-6-8-12-23/h6-9,11-14,16-17,19-20,22,30H,4-5,10,15,18,21H2,1-3H3,(H,31,32). The van der Waals surface area contributed by atoms with Gasteiger partial charge >= 0.3 is 0 Å². The van der Waals surface area contributed by atoms with Crippen molar-refractivity contribution in [2.75, 3.05) is 16.9 Å². The Labute approximate surface area is 211 Å². The second-order valence-corrected chi connectivity index (χ2v) is 10.1. The van der Waals surface area contributed by atoms with Crippen LogP contribution in [0.2, 0.25) is 0 Å². The fourth-order valence-corrected chi connectivity index (χ4v) is 4.74. The minimum atomic E-state index is -1.21. The van der Waals surface area contributed by atoms with E-state index < -0.39 is 10.8 Å². The van der Waals surface area contributed by atoms with Gasteiger partial charge in [0.2, 0.25) is 5.91 Å². The van der Waals surface area contributed by atoms with Crippen LogP contribution in [0.15, 0.2) is 77.7 Å². The number of rotatable bonds is 13. The smallest absolute Gasteiger partial charge is 0.224 e. The van der Waals surface area contributed by atoms with Crippen LogP contribution in [-0.4, -0.2) is 16.4 Å². The maximum absolute atomic E-state index is 12.5. The lowest BCUT2D eigenvalue weighted by molar-refractivity contribution is -0.116. The zero-order valence-electron chi connectivity index (χ0n) is 20.9. The molecule has 3 rings (SSSR count). The van der Waals surface area contributed by atoms with Crippen LogP contribution in [0.4, 0.5) is 17.1 Å². The van der Waals surface area contributed by atoms with Crippen molar-refractivity contribution in [3.05, 3.63) is 78.4 Å². The van der Waals surface area contributed by atoms with Gasteiger partial charge in [-0.25, -0.2) is 0 Å². The van der Waals surface area contributed by atoms with E-state index in [4.69, 9.17) is 4.74 Å². The number of carbonyl (C=O) groups is 1. The van der Waals surface area contributed by atoms with E-state index in [-0.39, 0.29) is 5.91 Å². The highest BCUT2D eigenvalue weighted by Crippen LogP contribution is 2.29. The molecule has 2 unspecified atom stereocenters. The number of ether oxygens (including phenoxy) is 1. The first kappa shape index (κ1) is 26.5. The molecule has 0 aliphatic carbocycles. The van der Waals surface area contributed by atoms with Crippen molar-refractivity contribution in [3.8, 4) is 5.75 Å². The summed E-state index contributed by atoms with van der Waals surface area (Å²) in [5, 5.41) is 6.35. The van der Waals surface area contributed by atoms with E-state index in [9.17, 15) is 9.00 Å². The van der Waals surface area contributed by atoms with Crippen LogP contribution in [0, 0.1) is 5.92 Å². The summed E-state index contributed by atoms with van der Waals surface area (Å²) in [7, 11) is -1.21. The van der Waals surface area contributed by atoms with Gasteiger partial charge in [0, 0.05) is 24.1 Å². The zero-order valence-corrected chi connectivity index (χ0v) is 21.7. The lowest BCUT2D eigenvalue weighted by Gasteiger charge is -2.15. The second-order valence-electron chi connectivity index (χ2n) is 8.74. The van der Waals surface area contributed by atoms with Crippen molar-refractivity contribution in [2.45, 2.75) is 57.5 Å². The summed E-state index contributed by atoms with van der Waals surface area (Å²) in [4.78, 5) is 13.1. The largest absolute Gasteiger partial charge is 0.489 e. The molecule has 35 heavy (non-hydrogen) atoms. The molecule has 6 heteroatoms. The molecule has 0 aliphatic heterocycles. The number of hydrogen-bond donors (Lipinski definition) is 2. The van der Waals surface area contributed by atoms with E-state index in [1.807, 2.05) is 72.8 Å². The van der Waals surface area contributed by atoms with Gasteiger partial charge in [-0.15, -0.1) is 0 Å². The monoisotopic (exact) mass is 492 g/mol. The minimum Gasteiger partial charge on any atom is -0.489 e. The summed E-state index contributed by atoms with van der Waals surface area (Å²) in [5.74, 6) is 1.30.